The van der Waals surface area contributed by atoms with E-state index in [4.69, 9.17) is 4.74 Å². The van der Waals surface area contributed by atoms with Crippen LogP contribution in [0.15, 0.2) is 29.1 Å². The number of hydrogen-bond donors (Lipinski definition) is 2. The Balaban J connectivity index is 1.28. The molecule has 0 bridgehead atoms. The van der Waals surface area contributed by atoms with Crippen LogP contribution in [0.2, 0.25) is 0 Å². The minimum Gasteiger partial charge on any atom is -0.506 e. The molecule has 3 fully saturated rings. The van der Waals surface area contributed by atoms with Gasteiger partial charge < -0.3 is 24.6 Å². The number of carbonyl (C=O) groups excluding carboxylic acids is 1. The molecule has 0 spiro atoms. The van der Waals surface area contributed by atoms with Crippen LogP contribution in [-0.2, 0) is 4.74 Å². The molecule has 166 valence electrons. The van der Waals surface area contributed by atoms with Crippen molar-refractivity contribution in [2.45, 2.75) is 50.6 Å². The quantitative estimate of drug-likeness (QED) is 0.770. The van der Waals surface area contributed by atoms with E-state index in [2.05, 4.69) is 10.2 Å². The Morgan fingerprint density at radius 3 is 2.48 bits per heavy atom. The van der Waals surface area contributed by atoms with Crippen molar-refractivity contribution in [2.24, 2.45) is 5.92 Å². The predicted molar refractivity (Wildman–Crippen MR) is 119 cm³/mol. The van der Waals surface area contributed by atoms with E-state index in [0.29, 0.717) is 16.8 Å². The van der Waals surface area contributed by atoms with Crippen LogP contribution in [0.3, 0.4) is 0 Å². The third kappa shape index (κ3) is 4.21. The largest absolute Gasteiger partial charge is 0.506 e. The monoisotopic (exact) mass is 425 g/mol. The number of benzene rings is 1. The molecule has 5 rings (SSSR count). The molecule has 2 saturated heterocycles. The molecule has 7 heteroatoms. The van der Waals surface area contributed by atoms with Gasteiger partial charge in [-0.2, -0.15) is 0 Å². The maximum absolute atomic E-state index is 13.2. The fraction of sp³-hybridized carbons (Fsp3) is 0.583. The number of pyridine rings is 1. The number of carbonyl (C=O) groups is 1. The summed E-state index contributed by atoms with van der Waals surface area (Å²) in [6, 6.07) is 7.43. The Hall–Kier alpha value is -2.38. The standard InChI is InChI=1S/C24H31N3O4/c28-22-19-3-1-2-4-20(19)27(18-5-6-18)24(30)21(22)23(29)25-17-7-11-26(12-8-17)15-16-9-13-31-14-10-16/h1-4,16-18,28H,5-15H2,(H,25,29). The highest BCUT2D eigenvalue weighted by atomic mass is 16.5. The van der Waals surface area contributed by atoms with E-state index in [1.54, 1.807) is 10.6 Å². The van der Waals surface area contributed by atoms with E-state index in [-0.39, 0.29) is 29.0 Å². The summed E-state index contributed by atoms with van der Waals surface area (Å²) >= 11 is 0. The van der Waals surface area contributed by atoms with Gasteiger partial charge in [0.2, 0.25) is 0 Å². The summed E-state index contributed by atoms with van der Waals surface area (Å²) in [4.78, 5) is 28.7. The van der Waals surface area contributed by atoms with Crippen LogP contribution in [0.4, 0.5) is 0 Å². The lowest BCUT2D eigenvalue weighted by Crippen LogP contribution is -2.47. The van der Waals surface area contributed by atoms with Crippen LogP contribution in [0, 0.1) is 5.92 Å². The summed E-state index contributed by atoms with van der Waals surface area (Å²) < 4.78 is 7.15. The van der Waals surface area contributed by atoms with Crippen molar-refractivity contribution in [1.82, 2.24) is 14.8 Å². The number of para-hydroxylation sites is 1. The summed E-state index contributed by atoms with van der Waals surface area (Å²) in [6.07, 6.45) is 5.85. The smallest absolute Gasteiger partial charge is 0.267 e. The Morgan fingerprint density at radius 2 is 1.77 bits per heavy atom. The summed E-state index contributed by atoms with van der Waals surface area (Å²) in [5, 5.41) is 14.4. The molecule has 0 unspecified atom stereocenters. The predicted octanol–water partition coefficient (Wildman–Crippen LogP) is 2.66. The third-order valence-corrected chi connectivity index (χ3v) is 7.01. The topological polar surface area (TPSA) is 83.8 Å². The highest BCUT2D eigenvalue weighted by molar-refractivity contribution is 6.02. The molecule has 2 aromatic rings. The first-order chi connectivity index (χ1) is 15.1. The zero-order valence-electron chi connectivity index (χ0n) is 17.9. The average molecular weight is 426 g/mol. The zero-order chi connectivity index (χ0) is 21.4. The van der Waals surface area contributed by atoms with Gasteiger partial charge >= 0.3 is 0 Å². The van der Waals surface area contributed by atoms with E-state index < -0.39 is 5.91 Å². The molecular formula is C24H31N3O4. The minimum absolute atomic E-state index is 0.0260. The van der Waals surface area contributed by atoms with E-state index in [9.17, 15) is 14.7 Å². The van der Waals surface area contributed by atoms with Gasteiger partial charge in [0.25, 0.3) is 11.5 Å². The molecule has 1 aromatic carbocycles. The van der Waals surface area contributed by atoms with Crippen LogP contribution < -0.4 is 10.9 Å². The van der Waals surface area contributed by atoms with Gasteiger partial charge in [0.05, 0.1) is 5.52 Å². The molecule has 0 radical (unpaired) electrons. The molecule has 1 saturated carbocycles. The number of nitrogens with one attached hydrogen (secondary N) is 1. The van der Waals surface area contributed by atoms with Crippen LogP contribution in [-0.4, -0.2) is 59.4 Å². The van der Waals surface area contributed by atoms with Gasteiger partial charge in [0, 0.05) is 50.3 Å². The number of aromatic nitrogens is 1. The molecule has 1 amide bonds. The average Bonchev–Trinajstić information content (AvgIpc) is 3.61. The second-order valence-electron chi connectivity index (χ2n) is 9.25. The van der Waals surface area contributed by atoms with Gasteiger partial charge in [0.15, 0.2) is 0 Å². The molecule has 3 heterocycles. The lowest BCUT2D eigenvalue weighted by atomic mass is 9.97. The number of ether oxygens (including phenoxy) is 1. The number of rotatable bonds is 5. The van der Waals surface area contributed by atoms with E-state index in [1.165, 1.54) is 0 Å². The van der Waals surface area contributed by atoms with Gasteiger partial charge in [-0.3, -0.25) is 9.59 Å². The van der Waals surface area contributed by atoms with Crippen molar-refractivity contribution in [3.8, 4) is 5.75 Å². The molecular weight excluding hydrogens is 394 g/mol. The first-order valence-electron chi connectivity index (χ1n) is 11.6. The summed E-state index contributed by atoms with van der Waals surface area (Å²) in [5.41, 5.74) is 0.203. The number of nitrogens with zero attached hydrogens (tertiary/aromatic N) is 2. The lowest BCUT2D eigenvalue weighted by Gasteiger charge is -2.35. The fourth-order valence-corrected chi connectivity index (χ4v) is 5.06. The Labute approximate surface area is 182 Å². The molecule has 1 aliphatic carbocycles. The van der Waals surface area contributed by atoms with E-state index >= 15 is 0 Å². The van der Waals surface area contributed by atoms with Crippen molar-refractivity contribution < 1.29 is 14.6 Å². The number of aromatic hydroxyl groups is 1. The van der Waals surface area contributed by atoms with Crippen LogP contribution in [0.25, 0.3) is 10.9 Å². The molecule has 3 aliphatic rings. The van der Waals surface area contributed by atoms with Crippen molar-refractivity contribution in [3.05, 3.63) is 40.2 Å². The van der Waals surface area contributed by atoms with Crippen LogP contribution in [0.1, 0.15) is 54.9 Å². The Morgan fingerprint density at radius 1 is 1.06 bits per heavy atom. The lowest BCUT2D eigenvalue weighted by molar-refractivity contribution is 0.0477. The number of hydrogen-bond acceptors (Lipinski definition) is 5. The first kappa shape index (κ1) is 20.5. The third-order valence-electron chi connectivity index (χ3n) is 7.01. The van der Waals surface area contributed by atoms with Crippen LogP contribution >= 0.6 is 0 Å². The fourth-order valence-electron chi connectivity index (χ4n) is 5.06. The summed E-state index contributed by atoms with van der Waals surface area (Å²) in [5.74, 6) is 0.0489. The van der Waals surface area contributed by atoms with Crippen molar-refractivity contribution in [1.29, 1.82) is 0 Å². The summed E-state index contributed by atoms with van der Waals surface area (Å²) in [7, 11) is 0. The van der Waals surface area contributed by atoms with Gasteiger partial charge in [-0.15, -0.1) is 0 Å². The van der Waals surface area contributed by atoms with Crippen LogP contribution in [0.5, 0.6) is 5.75 Å². The minimum atomic E-state index is -0.453. The molecule has 31 heavy (non-hydrogen) atoms. The zero-order valence-corrected chi connectivity index (χ0v) is 17.9. The Kier molecular flexibility index (Phi) is 5.71. The first-order valence-corrected chi connectivity index (χ1v) is 11.6. The highest BCUT2D eigenvalue weighted by Gasteiger charge is 2.32. The molecule has 0 atom stereocenters. The Bertz CT molecular complexity index is 1020. The number of piperidine rings is 1. The summed E-state index contributed by atoms with van der Waals surface area (Å²) in [6.45, 7) is 4.72. The van der Waals surface area contributed by atoms with E-state index in [1.807, 2.05) is 18.2 Å². The SMILES string of the molecule is O=C(NC1CCN(CC2CCOCC2)CC1)c1c(O)c2ccccc2n(C2CC2)c1=O. The van der Waals surface area contributed by atoms with Gasteiger partial charge in [-0.25, -0.2) is 0 Å². The van der Waals surface area contributed by atoms with E-state index in [0.717, 1.165) is 71.4 Å². The maximum Gasteiger partial charge on any atom is 0.267 e. The highest BCUT2D eigenvalue weighted by Crippen LogP contribution is 2.38. The number of fused-ring (bicyclic) bond motifs is 1. The van der Waals surface area contributed by atoms with Crippen molar-refractivity contribution in [3.63, 3.8) is 0 Å². The molecule has 7 nitrogen and oxygen atoms in total. The molecule has 2 aliphatic heterocycles. The van der Waals surface area contributed by atoms with Gasteiger partial charge in [-0.1, -0.05) is 12.1 Å². The molecule has 1 aromatic heterocycles. The van der Waals surface area contributed by atoms with Crippen molar-refractivity contribution >= 4 is 16.8 Å². The molecule has 2 N–H and O–H groups in total. The second kappa shape index (κ2) is 8.63. The normalized spacial score (nSPS) is 21.4. The van der Waals surface area contributed by atoms with Crippen molar-refractivity contribution in [2.75, 3.05) is 32.8 Å². The second-order valence-corrected chi connectivity index (χ2v) is 9.25. The van der Waals surface area contributed by atoms with Gasteiger partial charge in [-0.05, 0) is 56.6 Å². The number of amides is 1. The maximum atomic E-state index is 13.2. The number of likely N-dealkylation sites (tertiary alicyclic amines) is 1. The van der Waals surface area contributed by atoms with Gasteiger partial charge in [0.1, 0.15) is 11.3 Å².